The molecular formula is C57H93N7O12. The normalized spacial score (nSPS) is 24.5. The second-order valence-electron chi connectivity index (χ2n) is 23.9. The van der Waals surface area contributed by atoms with Gasteiger partial charge >= 0.3 is 6.09 Å². The van der Waals surface area contributed by atoms with E-state index in [9.17, 15) is 38.7 Å². The minimum atomic E-state index is -1.15. The van der Waals surface area contributed by atoms with Crippen molar-refractivity contribution in [3.05, 3.63) is 47.5 Å². The van der Waals surface area contributed by atoms with Crippen molar-refractivity contribution < 1.29 is 57.6 Å². The van der Waals surface area contributed by atoms with Gasteiger partial charge in [-0.15, -0.1) is 0 Å². The molecule has 0 bridgehead atoms. The number of nitrogens with zero attached hydrogens (tertiary/aromatic N) is 2. The molecule has 2 saturated heterocycles. The number of aliphatic hydroxyl groups excluding tert-OH is 1. The first kappa shape index (κ1) is 63.4. The third-order valence-electron chi connectivity index (χ3n) is 15.6. The molecule has 6 N–H and O–H groups in total. The Morgan fingerprint density at radius 3 is 2.07 bits per heavy atom. The summed E-state index contributed by atoms with van der Waals surface area (Å²) in [6.07, 6.45) is 2.89. The molecule has 428 valence electrons. The van der Waals surface area contributed by atoms with E-state index in [0.717, 1.165) is 12.0 Å². The molecule has 0 radical (unpaired) electrons. The highest BCUT2D eigenvalue weighted by Crippen LogP contribution is 2.59. The minimum Gasteiger partial charge on any atom is -0.443 e. The minimum absolute atomic E-state index is 0.00995. The first-order chi connectivity index (χ1) is 35.5. The summed E-state index contributed by atoms with van der Waals surface area (Å²) >= 11 is 0. The third kappa shape index (κ3) is 17.5. The number of epoxide rings is 2. The fourth-order valence-electron chi connectivity index (χ4n) is 10.8. The van der Waals surface area contributed by atoms with Crippen molar-refractivity contribution in [3.8, 4) is 0 Å². The first-order valence-electron chi connectivity index (χ1n) is 27.3. The van der Waals surface area contributed by atoms with Crippen LogP contribution in [-0.2, 0) is 54.1 Å². The maximum Gasteiger partial charge on any atom is 0.409 e. The molecule has 19 heteroatoms. The maximum absolute atomic E-state index is 14.1. The van der Waals surface area contributed by atoms with Crippen LogP contribution in [0.3, 0.4) is 0 Å². The van der Waals surface area contributed by atoms with Crippen molar-refractivity contribution in [2.24, 2.45) is 34.5 Å². The van der Waals surface area contributed by atoms with E-state index in [1.807, 2.05) is 66.7 Å². The molecule has 3 aliphatic rings. The number of carbonyl (C=O) groups is 7. The molecule has 7 amide bonds. The summed E-state index contributed by atoms with van der Waals surface area (Å²) in [5.41, 5.74) is -0.957. The molecule has 7 unspecified atom stereocenters. The zero-order valence-electron chi connectivity index (χ0n) is 48.3. The van der Waals surface area contributed by atoms with Gasteiger partial charge in [0.05, 0.1) is 37.8 Å². The zero-order chi connectivity index (χ0) is 56.9. The predicted octanol–water partition coefficient (Wildman–Crippen LogP) is 4.68. The van der Waals surface area contributed by atoms with Crippen LogP contribution >= 0.6 is 0 Å². The van der Waals surface area contributed by atoms with Crippen LogP contribution in [0.25, 0.3) is 0 Å². The van der Waals surface area contributed by atoms with Gasteiger partial charge in [-0.3, -0.25) is 28.8 Å². The Balaban J connectivity index is 1.34. The summed E-state index contributed by atoms with van der Waals surface area (Å²) in [6, 6.07) is 6.83. The summed E-state index contributed by atoms with van der Waals surface area (Å²) in [5, 5.41) is 23.7. The molecule has 1 saturated carbocycles. The van der Waals surface area contributed by atoms with Gasteiger partial charge in [-0.2, -0.15) is 0 Å². The van der Waals surface area contributed by atoms with E-state index in [1.54, 1.807) is 47.2 Å². The maximum atomic E-state index is 14.1. The summed E-state index contributed by atoms with van der Waals surface area (Å²) < 4.78 is 24.4. The van der Waals surface area contributed by atoms with Gasteiger partial charge < -0.3 is 60.4 Å². The molecule has 4 rings (SSSR count). The lowest BCUT2D eigenvalue weighted by Crippen LogP contribution is -2.57. The van der Waals surface area contributed by atoms with Gasteiger partial charge in [0.15, 0.2) is 0 Å². The third-order valence-corrected chi connectivity index (χ3v) is 15.6. The van der Waals surface area contributed by atoms with E-state index >= 15 is 0 Å². The standard InChI is InChI=1S/C57H93N7O12/c1-35(2)21-22-44-56(12,76-44)48-47(73-15)43(23-24-57(48)34-74-57)75-53(72)64(14)26-25-63(13)46(67)32-58-49(68)41(27-36(3)4)62-50(69)42(28-40-19-17-16-18-20-40)61-45(66)31-60-52(71)55(11,38(7)8)33-54(10,29-37(5)6)51(70)59-30-39(9)65/h16-21,36-39,41-44,47-48,65H,22-34H2,1-15H3,(H,58,68)(H,59,70)(H,60,71)(H,61,66)(H,62,69)/t39?,41-,42-,43?,44+,47?,48?,54?,55?,56?,57-/m0/s1. The number of nitrogens with one attached hydrogen (secondary N) is 5. The fourth-order valence-corrected chi connectivity index (χ4v) is 10.8. The molecule has 19 nitrogen and oxygen atoms in total. The van der Waals surface area contributed by atoms with Crippen LogP contribution in [0.5, 0.6) is 0 Å². The lowest BCUT2D eigenvalue weighted by atomic mass is 9.64. The summed E-state index contributed by atoms with van der Waals surface area (Å²) in [4.78, 5) is 98.9. The van der Waals surface area contributed by atoms with Crippen molar-refractivity contribution in [2.45, 2.75) is 176 Å². The van der Waals surface area contributed by atoms with Crippen molar-refractivity contribution in [1.82, 2.24) is 36.4 Å². The molecule has 1 spiro atoms. The number of likely N-dealkylation sites (N-methyl/N-ethyl adjacent to an activating group) is 2. The molecule has 1 aliphatic carbocycles. The average Bonchev–Trinajstić information content (AvgIpc) is 4.27. The molecule has 1 aromatic rings. The van der Waals surface area contributed by atoms with Gasteiger partial charge in [-0.25, -0.2) is 4.79 Å². The Hall–Kier alpha value is -5.11. The molecule has 2 heterocycles. The van der Waals surface area contributed by atoms with Gasteiger partial charge in [-0.1, -0.05) is 97.4 Å². The SMILES string of the molecule is COC1C(OC(=O)N(C)CCN(C)C(=O)CNC(=O)[C@H](CC(C)C)NC(=O)[C@H](Cc2ccccc2)NC(=O)CNC(=O)C(C)(CC(C)(CC(C)C)C(=O)NCC(C)O)C(C)C)CC[C@]2(CO2)C1C1(C)O[C@@H]1CC=C(C)C. The molecule has 1 aromatic carbocycles. The predicted molar refractivity (Wildman–Crippen MR) is 289 cm³/mol. The highest BCUT2D eigenvalue weighted by atomic mass is 16.6. The van der Waals surface area contributed by atoms with Crippen LogP contribution in [0, 0.1) is 34.5 Å². The monoisotopic (exact) mass is 1070 g/mol. The number of hydrogen-bond donors (Lipinski definition) is 6. The Morgan fingerprint density at radius 1 is 0.855 bits per heavy atom. The zero-order valence-corrected chi connectivity index (χ0v) is 48.3. The Kier molecular flexibility index (Phi) is 22.9. The van der Waals surface area contributed by atoms with Crippen molar-refractivity contribution in [3.63, 3.8) is 0 Å². The highest BCUT2D eigenvalue weighted by Gasteiger charge is 2.72. The van der Waals surface area contributed by atoms with Gasteiger partial charge in [-0.05, 0) is 89.5 Å². The number of methoxy groups -OCH3 is 1. The summed E-state index contributed by atoms with van der Waals surface area (Å²) in [5.74, 6) is -3.31. The van der Waals surface area contributed by atoms with E-state index in [0.29, 0.717) is 25.9 Å². The second-order valence-corrected chi connectivity index (χ2v) is 23.9. The van der Waals surface area contributed by atoms with E-state index in [4.69, 9.17) is 18.9 Å². The van der Waals surface area contributed by atoms with Crippen LogP contribution in [-0.4, -0.2) is 165 Å². The van der Waals surface area contributed by atoms with Crippen molar-refractivity contribution >= 4 is 41.5 Å². The quantitative estimate of drug-likeness (QED) is 0.0473. The fraction of sp³-hybridized carbons (Fsp3) is 0.737. The largest absolute Gasteiger partial charge is 0.443 e. The number of benzene rings is 1. The lowest BCUT2D eigenvalue weighted by Gasteiger charge is -2.43. The van der Waals surface area contributed by atoms with Crippen LogP contribution in [0.15, 0.2) is 42.0 Å². The second kappa shape index (κ2) is 27.5. The van der Waals surface area contributed by atoms with Gasteiger partial charge in [0.2, 0.25) is 35.4 Å². The van der Waals surface area contributed by atoms with Gasteiger partial charge in [0.1, 0.15) is 35.5 Å². The Morgan fingerprint density at radius 2 is 1.50 bits per heavy atom. The topological polar surface area (TPSA) is 250 Å². The number of rotatable bonds is 29. The number of carbonyl (C=O) groups excluding carboxylic acids is 7. The van der Waals surface area contributed by atoms with E-state index < -0.39 is 89.0 Å². The van der Waals surface area contributed by atoms with Gasteiger partial charge in [0, 0.05) is 58.1 Å². The molecular weight excluding hydrogens is 975 g/mol. The smallest absolute Gasteiger partial charge is 0.409 e. The molecule has 11 atom stereocenters. The highest BCUT2D eigenvalue weighted by molar-refractivity contribution is 5.95. The number of hydrogen-bond acceptors (Lipinski definition) is 12. The number of aliphatic hydroxyl groups is 1. The summed E-state index contributed by atoms with van der Waals surface area (Å²) in [6.45, 7) is 23.0. The molecule has 0 aromatic heterocycles. The Bertz CT molecular complexity index is 2180. The molecule has 3 fully saturated rings. The van der Waals surface area contributed by atoms with Crippen molar-refractivity contribution in [2.75, 3.05) is 60.5 Å². The van der Waals surface area contributed by atoms with Crippen LogP contribution < -0.4 is 26.6 Å². The molecule has 76 heavy (non-hydrogen) atoms. The van der Waals surface area contributed by atoms with E-state index in [-0.39, 0.29) is 86.7 Å². The number of ether oxygens (including phenoxy) is 4. The number of allylic oxidation sites excluding steroid dienone is 1. The Labute approximate surface area is 452 Å². The summed E-state index contributed by atoms with van der Waals surface area (Å²) in [7, 11) is 4.78. The van der Waals surface area contributed by atoms with E-state index in [1.165, 1.54) is 15.4 Å². The van der Waals surface area contributed by atoms with Crippen molar-refractivity contribution in [1.29, 1.82) is 0 Å². The van der Waals surface area contributed by atoms with Crippen LogP contribution in [0.1, 0.15) is 127 Å². The van der Waals surface area contributed by atoms with Crippen LogP contribution in [0.4, 0.5) is 4.79 Å². The molecule has 2 aliphatic heterocycles. The number of amides is 7. The first-order valence-corrected chi connectivity index (χ1v) is 27.3. The van der Waals surface area contributed by atoms with Gasteiger partial charge in [0.25, 0.3) is 0 Å². The van der Waals surface area contributed by atoms with E-state index in [2.05, 4.69) is 53.4 Å². The average molecular weight is 1070 g/mol. The lowest BCUT2D eigenvalue weighted by molar-refractivity contribution is -0.142. The van der Waals surface area contributed by atoms with Crippen LogP contribution in [0.2, 0.25) is 0 Å².